The van der Waals surface area contributed by atoms with Gasteiger partial charge in [0, 0.05) is 36.6 Å². The van der Waals surface area contributed by atoms with E-state index in [0.717, 1.165) is 16.6 Å². The molecule has 1 aliphatic rings. The Labute approximate surface area is 199 Å². The maximum absolute atomic E-state index is 12.8. The van der Waals surface area contributed by atoms with Crippen LogP contribution >= 0.6 is 0 Å². The number of para-hydroxylation sites is 1. The second-order valence-electron chi connectivity index (χ2n) is 8.31. The van der Waals surface area contributed by atoms with Gasteiger partial charge in [0.1, 0.15) is 11.3 Å². The molecule has 35 heavy (non-hydrogen) atoms. The van der Waals surface area contributed by atoms with Crippen molar-refractivity contribution in [3.05, 3.63) is 60.4 Å². The van der Waals surface area contributed by atoms with E-state index in [2.05, 4.69) is 25.0 Å². The molecule has 1 saturated heterocycles. The molecule has 2 aromatic heterocycles. The van der Waals surface area contributed by atoms with Gasteiger partial charge in [0.2, 0.25) is 5.95 Å². The van der Waals surface area contributed by atoms with Crippen molar-refractivity contribution in [2.24, 2.45) is 5.92 Å². The van der Waals surface area contributed by atoms with Crippen molar-refractivity contribution in [2.45, 2.75) is 26.0 Å². The molecule has 1 aliphatic heterocycles. The minimum Gasteiger partial charge on any atom is -0.481 e. The Bertz CT molecular complexity index is 1340. The quantitative estimate of drug-likeness (QED) is 0.425. The van der Waals surface area contributed by atoms with Crippen LogP contribution in [0.2, 0.25) is 0 Å². The molecule has 0 amide bonds. The summed E-state index contributed by atoms with van der Waals surface area (Å²) >= 11 is 0. The van der Waals surface area contributed by atoms with E-state index in [9.17, 15) is 18.7 Å². The van der Waals surface area contributed by atoms with Crippen LogP contribution in [0.5, 0.6) is 5.75 Å². The highest BCUT2D eigenvalue weighted by atomic mass is 19.3. The van der Waals surface area contributed by atoms with Crippen LogP contribution in [0.25, 0.3) is 22.2 Å². The number of ether oxygens (including phenoxy) is 1. The molecule has 1 N–H and O–H groups in total. The number of fused-ring (bicyclic) bond motifs is 1. The second kappa shape index (κ2) is 9.61. The summed E-state index contributed by atoms with van der Waals surface area (Å²) in [4.78, 5) is 22.1. The maximum Gasteiger partial charge on any atom is 0.387 e. The van der Waals surface area contributed by atoms with Gasteiger partial charge in [0.15, 0.2) is 0 Å². The van der Waals surface area contributed by atoms with Gasteiger partial charge in [-0.2, -0.15) is 8.78 Å². The number of piperidine rings is 1. The topological polar surface area (TPSA) is 106 Å². The normalized spacial score (nSPS) is 14.5. The Morgan fingerprint density at radius 3 is 2.54 bits per heavy atom. The summed E-state index contributed by atoms with van der Waals surface area (Å²) in [6.07, 6.45) is 4.60. The molecule has 0 spiro atoms. The van der Waals surface area contributed by atoms with Crippen LogP contribution in [0.3, 0.4) is 0 Å². The molecule has 1 fully saturated rings. The van der Waals surface area contributed by atoms with Gasteiger partial charge in [-0.05, 0) is 36.6 Å². The lowest BCUT2D eigenvalue weighted by Crippen LogP contribution is -2.37. The SMILES string of the molecule is O=C(O)C1CCN(c2ncc(-c3ccc4nnn(Cc5ccccc5OC(F)F)c4c3)cn2)CC1. The number of nitrogens with zero attached hydrogens (tertiary/aromatic N) is 6. The third kappa shape index (κ3) is 4.88. The number of hydrogen-bond acceptors (Lipinski definition) is 7. The lowest BCUT2D eigenvalue weighted by atomic mass is 9.97. The second-order valence-corrected chi connectivity index (χ2v) is 8.31. The van der Waals surface area contributed by atoms with Crippen LogP contribution < -0.4 is 9.64 Å². The number of carboxylic acids is 1. The minimum atomic E-state index is -2.92. The standard InChI is InChI=1S/C24H22F2N6O3/c25-23(26)35-21-4-2-1-3-17(21)14-32-20-11-16(5-6-19(20)29-30-32)18-12-27-24(28-13-18)31-9-7-15(8-10-31)22(33)34/h1-6,11-13,15,23H,7-10,14H2,(H,33,34). The highest BCUT2D eigenvalue weighted by Gasteiger charge is 2.25. The number of aromatic nitrogens is 5. The van der Waals surface area contributed by atoms with E-state index < -0.39 is 12.6 Å². The van der Waals surface area contributed by atoms with Crippen molar-refractivity contribution in [3.63, 3.8) is 0 Å². The zero-order valence-electron chi connectivity index (χ0n) is 18.6. The largest absolute Gasteiger partial charge is 0.481 e. The van der Waals surface area contributed by atoms with Crippen molar-refractivity contribution in [1.82, 2.24) is 25.0 Å². The van der Waals surface area contributed by atoms with Gasteiger partial charge in [0.25, 0.3) is 0 Å². The number of rotatable bonds is 7. The summed E-state index contributed by atoms with van der Waals surface area (Å²) in [7, 11) is 0. The Morgan fingerprint density at radius 1 is 1.09 bits per heavy atom. The summed E-state index contributed by atoms with van der Waals surface area (Å²) in [6, 6.07) is 12.2. The first kappa shape index (κ1) is 22.6. The van der Waals surface area contributed by atoms with Crippen LogP contribution in [0.15, 0.2) is 54.9 Å². The van der Waals surface area contributed by atoms with E-state index in [4.69, 9.17) is 0 Å². The molecule has 4 aromatic rings. The maximum atomic E-state index is 12.8. The lowest BCUT2D eigenvalue weighted by Gasteiger charge is -2.30. The molecular weight excluding hydrogens is 458 g/mol. The fraction of sp³-hybridized carbons (Fsp3) is 0.292. The van der Waals surface area contributed by atoms with Crippen LogP contribution in [0.1, 0.15) is 18.4 Å². The molecule has 0 bridgehead atoms. The van der Waals surface area contributed by atoms with Gasteiger partial charge in [-0.15, -0.1) is 5.10 Å². The van der Waals surface area contributed by atoms with E-state index in [-0.39, 0.29) is 18.2 Å². The van der Waals surface area contributed by atoms with Crippen LogP contribution in [-0.2, 0) is 11.3 Å². The summed E-state index contributed by atoms with van der Waals surface area (Å²) in [5.74, 6) is -0.403. The van der Waals surface area contributed by atoms with Crippen LogP contribution in [0, 0.1) is 5.92 Å². The van der Waals surface area contributed by atoms with Crippen molar-refractivity contribution < 1.29 is 23.4 Å². The molecule has 0 unspecified atom stereocenters. The molecule has 3 heterocycles. The summed E-state index contributed by atoms with van der Waals surface area (Å²) in [5, 5.41) is 17.5. The number of aliphatic carboxylic acids is 1. The Kier molecular flexibility index (Phi) is 6.21. The smallest absolute Gasteiger partial charge is 0.387 e. The molecule has 0 atom stereocenters. The molecule has 0 radical (unpaired) electrons. The third-order valence-electron chi connectivity index (χ3n) is 6.12. The molecule has 0 aliphatic carbocycles. The molecule has 180 valence electrons. The van der Waals surface area contributed by atoms with Gasteiger partial charge in [-0.25, -0.2) is 14.6 Å². The summed E-state index contributed by atoms with van der Waals surface area (Å²) in [6.45, 7) is -1.50. The molecule has 5 rings (SSSR count). The zero-order valence-corrected chi connectivity index (χ0v) is 18.6. The number of benzene rings is 2. The summed E-state index contributed by atoms with van der Waals surface area (Å²) < 4.78 is 31.8. The average Bonchev–Trinajstić information content (AvgIpc) is 3.27. The van der Waals surface area contributed by atoms with E-state index in [1.807, 2.05) is 23.1 Å². The first-order valence-electron chi connectivity index (χ1n) is 11.1. The van der Waals surface area contributed by atoms with Gasteiger partial charge < -0.3 is 14.7 Å². The fourth-order valence-electron chi connectivity index (χ4n) is 4.23. The average molecular weight is 480 g/mol. The summed E-state index contributed by atoms with van der Waals surface area (Å²) in [5.41, 5.74) is 3.61. The highest BCUT2D eigenvalue weighted by molar-refractivity contribution is 5.81. The number of halogens is 2. The van der Waals surface area contributed by atoms with Crippen LogP contribution in [-0.4, -0.2) is 55.7 Å². The lowest BCUT2D eigenvalue weighted by molar-refractivity contribution is -0.142. The third-order valence-corrected chi connectivity index (χ3v) is 6.12. The Morgan fingerprint density at radius 2 is 1.83 bits per heavy atom. The number of carboxylic acid groups (broad SMARTS) is 1. The number of carbonyl (C=O) groups is 1. The minimum absolute atomic E-state index is 0.0960. The van der Waals surface area contributed by atoms with Gasteiger partial charge in [-0.1, -0.05) is 29.5 Å². The molecule has 9 nitrogen and oxygen atoms in total. The van der Waals surface area contributed by atoms with E-state index in [1.165, 1.54) is 6.07 Å². The predicted octanol–water partition coefficient (Wildman–Crippen LogP) is 3.84. The number of alkyl halides is 2. The first-order chi connectivity index (χ1) is 17.0. The molecule has 11 heteroatoms. The molecule has 2 aromatic carbocycles. The highest BCUT2D eigenvalue weighted by Crippen LogP contribution is 2.27. The van der Waals surface area contributed by atoms with Gasteiger partial charge in [0.05, 0.1) is 18.0 Å². The van der Waals surface area contributed by atoms with E-state index in [1.54, 1.807) is 35.3 Å². The molecular formula is C24H22F2N6O3. The van der Waals surface area contributed by atoms with E-state index in [0.29, 0.717) is 43.0 Å². The van der Waals surface area contributed by atoms with Gasteiger partial charge >= 0.3 is 12.6 Å². The van der Waals surface area contributed by atoms with E-state index >= 15 is 0 Å². The first-order valence-corrected chi connectivity index (χ1v) is 11.1. The predicted molar refractivity (Wildman–Crippen MR) is 123 cm³/mol. The van der Waals surface area contributed by atoms with Crippen molar-refractivity contribution in [1.29, 1.82) is 0 Å². The zero-order chi connectivity index (χ0) is 24.4. The Balaban J connectivity index is 1.36. The Hall–Kier alpha value is -4.15. The monoisotopic (exact) mass is 480 g/mol. The fourth-order valence-corrected chi connectivity index (χ4v) is 4.23. The molecule has 0 saturated carbocycles. The number of anilines is 1. The number of hydrogen-bond donors (Lipinski definition) is 1. The van der Waals surface area contributed by atoms with Crippen molar-refractivity contribution >= 4 is 23.0 Å². The van der Waals surface area contributed by atoms with Crippen molar-refractivity contribution in [2.75, 3.05) is 18.0 Å². The van der Waals surface area contributed by atoms with Gasteiger partial charge in [-0.3, -0.25) is 4.79 Å². The van der Waals surface area contributed by atoms with Crippen LogP contribution in [0.4, 0.5) is 14.7 Å². The van der Waals surface area contributed by atoms with Crippen molar-refractivity contribution in [3.8, 4) is 16.9 Å².